The Morgan fingerprint density at radius 2 is 2.04 bits per heavy atom. The molecule has 0 saturated carbocycles. The summed E-state index contributed by atoms with van der Waals surface area (Å²) in [7, 11) is 1.54. The molecule has 1 atom stereocenters. The van der Waals surface area contributed by atoms with Gasteiger partial charge in [-0.2, -0.15) is 0 Å². The molecular formula is C20H20ClNO5. The first kappa shape index (κ1) is 19.0. The van der Waals surface area contributed by atoms with Crippen molar-refractivity contribution in [2.75, 3.05) is 13.7 Å². The fraction of sp³-hybridized carbons (Fsp3) is 0.300. The van der Waals surface area contributed by atoms with Crippen molar-refractivity contribution in [3.8, 4) is 11.5 Å². The Hall–Kier alpha value is -2.73. The van der Waals surface area contributed by atoms with Crippen molar-refractivity contribution in [2.24, 2.45) is 5.92 Å². The second kappa shape index (κ2) is 8.31. The molecule has 0 spiro atoms. The largest absolute Gasteiger partial charge is 0.493 e. The molecule has 0 radical (unpaired) electrons. The lowest BCUT2D eigenvalue weighted by Gasteiger charge is -2.18. The molecule has 2 aromatic rings. The Bertz CT molecular complexity index is 854. The standard InChI is InChI=1S/C20H20ClNO5/c1-26-18-8-13(10-22-11-15(20(24)25)9-19(22)23)6-7-17(18)27-12-14-4-2-3-5-16(14)21/h2-8,15H,9-12H2,1H3,(H,24,25). The van der Waals surface area contributed by atoms with E-state index in [4.69, 9.17) is 26.2 Å². The van der Waals surface area contributed by atoms with E-state index in [1.165, 1.54) is 0 Å². The zero-order valence-electron chi connectivity index (χ0n) is 14.9. The number of methoxy groups -OCH3 is 1. The summed E-state index contributed by atoms with van der Waals surface area (Å²) in [5.74, 6) is -0.622. The SMILES string of the molecule is COc1cc(CN2CC(C(=O)O)CC2=O)ccc1OCc1ccccc1Cl. The highest BCUT2D eigenvalue weighted by molar-refractivity contribution is 6.31. The number of carboxylic acids is 1. The number of hydrogen-bond donors (Lipinski definition) is 1. The van der Waals surface area contributed by atoms with Crippen molar-refractivity contribution >= 4 is 23.5 Å². The Labute approximate surface area is 162 Å². The van der Waals surface area contributed by atoms with Gasteiger partial charge in [-0.15, -0.1) is 0 Å². The molecule has 1 heterocycles. The predicted octanol–water partition coefficient (Wildman–Crippen LogP) is 3.36. The number of ether oxygens (including phenoxy) is 2. The van der Waals surface area contributed by atoms with Gasteiger partial charge in [0, 0.05) is 30.1 Å². The molecule has 142 valence electrons. The zero-order valence-corrected chi connectivity index (χ0v) is 15.6. The van der Waals surface area contributed by atoms with Crippen LogP contribution in [0.1, 0.15) is 17.5 Å². The highest BCUT2D eigenvalue weighted by Gasteiger charge is 2.34. The van der Waals surface area contributed by atoms with Gasteiger partial charge in [0.1, 0.15) is 6.61 Å². The lowest BCUT2D eigenvalue weighted by Crippen LogP contribution is -2.25. The Balaban J connectivity index is 1.68. The van der Waals surface area contributed by atoms with Crippen LogP contribution in [-0.2, 0) is 22.7 Å². The van der Waals surface area contributed by atoms with Gasteiger partial charge in [-0.1, -0.05) is 35.9 Å². The number of likely N-dealkylation sites (tertiary alicyclic amines) is 1. The van der Waals surface area contributed by atoms with Crippen molar-refractivity contribution in [2.45, 2.75) is 19.6 Å². The van der Waals surface area contributed by atoms with Crippen molar-refractivity contribution in [1.29, 1.82) is 0 Å². The third-order valence-electron chi connectivity index (χ3n) is 4.51. The molecule has 1 amide bonds. The molecule has 7 heteroatoms. The Morgan fingerprint density at radius 3 is 2.70 bits per heavy atom. The summed E-state index contributed by atoms with van der Waals surface area (Å²) in [6.45, 7) is 0.866. The normalized spacial score (nSPS) is 16.4. The molecule has 1 unspecified atom stereocenters. The topological polar surface area (TPSA) is 76.1 Å². The number of carbonyl (C=O) groups is 2. The first-order valence-corrected chi connectivity index (χ1v) is 8.89. The molecule has 3 rings (SSSR count). The van der Waals surface area contributed by atoms with Crippen LogP contribution in [0, 0.1) is 5.92 Å². The fourth-order valence-electron chi connectivity index (χ4n) is 3.01. The lowest BCUT2D eigenvalue weighted by molar-refractivity contribution is -0.141. The highest BCUT2D eigenvalue weighted by atomic mass is 35.5. The molecule has 0 bridgehead atoms. The van der Waals surface area contributed by atoms with Gasteiger partial charge in [0.05, 0.1) is 13.0 Å². The van der Waals surface area contributed by atoms with Gasteiger partial charge in [-0.3, -0.25) is 9.59 Å². The number of aliphatic carboxylic acids is 1. The third kappa shape index (κ3) is 4.52. The van der Waals surface area contributed by atoms with Gasteiger partial charge >= 0.3 is 5.97 Å². The second-order valence-corrected chi connectivity index (χ2v) is 6.79. The molecule has 6 nitrogen and oxygen atoms in total. The fourth-order valence-corrected chi connectivity index (χ4v) is 3.20. The zero-order chi connectivity index (χ0) is 19.4. The molecule has 1 saturated heterocycles. The smallest absolute Gasteiger partial charge is 0.308 e. The van der Waals surface area contributed by atoms with Crippen LogP contribution in [0.4, 0.5) is 0 Å². The molecular weight excluding hydrogens is 370 g/mol. The molecule has 0 aliphatic carbocycles. The number of nitrogens with zero attached hydrogens (tertiary/aromatic N) is 1. The van der Waals surface area contributed by atoms with Crippen LogP contribution in [0.5, 0.6) is 11.5 Å². The molecule has 0 aromatic heterocycles. The number of rotatable bonds is 7. The van der Waals surface area contributed by atoms with Gasteiger partial charge in [0.25, 0.3) is 0 Å². The van der Waals surface area contributed by atoms with Gasteiger partial charge in [-0.05, 0) is 23.8 Å². The molecule has 27 heavy (non-hydrogen) atoms. The summed E-state index contributed by atoms with van der Waals surface area (Å²) >= 11 is 6.14. The van der Waals surface area contributed by atoms with E-state index in [-0.39, 0.29) is 18.9 Å². The van der Waals surface area contributed by atoms with Crippen LogP contribution in [0.15, 0.2) is 42.5 Å². The maximum absolute atomic E-state index is 12.0. The number of carboxylic acid groups (broad SMARTS) is 1. The van der Waals surface area contributed by atoms with E-state index in [0.29, 0.717) is 29.7 Å². The number of amides is 1. The average Bonchev–Trinajstić information content (AvgIpc) is 3.02. The van der Waals surface area contributed by atoms with Crippen molar-refractivity contribution in [3.05, 3.63) is 58.6 Å². The number of carbonyl (C=O) groups excluding carboxylic acids is 1. The number of halogens is 1. The Kier molecular flexibility index (Phi) is 5.86. The van der Waals surface area contributed by atoms with Crippen LogP contribution in [0.25, 0.3) is 0 Å². The maximum Gasteiger partial charge on any atom is 0.308 e. The quantitative estimate of drug-likeness (QED) is 0.785. The van der Waals surface area contributed by atoms with Crippen LogP contribution in [-0.4, -0.2) is 35.5 Å². The number of benzene rings is 2. The van der Waals surface area contributed by atoms with Gasteiger partial charge < -0.3 is 19.5 Å². The monoisotopic (exact) mass is 389 g/mol. The predicted molar refractivity (Wildman–Crippen MR) is 99.9 cm³/mol. The summed E-state index contributed by atoms with van der Waals surface area (Å²) in [6.07, 6.45) is 0.0471. The van der Waals surface area contributed by atoms with Crippen LogP contribution < -0.4 is 9.47 Å². The van der Waals surface area contributed by atoms with E-state index in [0.717, 1.165) is 11.1 Å². The summed E-state index contributed by atoms with van der Waals surface area (Å²) in [4.78, 5) is 24.6. The Morgan fingerprint density at radius 1 is 1.26 bits per heavy atom. The first-order valence-electron chi connectivity index (χ1n) is 8.51. The molecule has 1 N–H and O–H groups in total. The van der Waals surface area contributed by atoms with Gasteiger partial charge in [0.15, 0.2) is 11.5 Å². The van der Waals surface area contributed by atoms with E-state index in [9.17, 15) is 9.59 Å². The van der Waals surface area contributed by atoms with Crippen molar-refractivity contribution in [3.63, 3.8) is 0 Å². The van der Waals surface area contributed by atoms with Crippen molar-refractivity contribution < 1.29 is 24.2 Å². The summed E-state index contributed by atoms with van der Waals surface area (Å²) in [5, 5.41) is 9.71. The maximum atomic E-state index is 12.0. The van der Waals surface area contributed by atoms with Crippen LogP contribution >= 0.6 is 11.6 Å². The highest BCUT2D eigenvalue weighted by Crippen LogP contribution is 2.31. The average molecular weight is 390 g/mol. The van der Waals surface area contributed by atoms with E-state index >= 15 is 0 Å². The molecule has 2 aromatic carbocycles. The summed E-state index contributed by atoms with van der Waals surface area (Å²) in [6, 6.07) is 12.9. The summed E-state index contributed by atoms with van der Waals surface area (Å²) in [5.41, 5.74) is 1.71. The third-order valence-corrected chi connectivity index (χ3v) is 4.87. The molecule has 1 aliphatic heterocycles. The van der Waals surface area contributed by atoms with E-state index in [1.807, 2.05) is 24.3 Å². The minimum Gasteiger partial charge on any atom is -0.493 e. The van der Waals surface area contributed by atoms with Crippen molar-refractivity contribution in [1.82, 2.24) is 4.90 Å². The molecule has 1 aliphatic rings. The minimum absolute atomic E-state index is 0.0471. The number of hydrogen-bond acceptors (Lipinski definition) is 4. The second-order valence-electron chi connectivity index (χ2n) is 6.38. The minimum atomic E-state index is -0.938. The van der Waals surface area contributed by atoms with Gasteiger partial charge in [0.2, 0.25) is 5.91 Å². The van der Waals surface area contributed by atoms with E-state index < -0.39 is 11.9 Å². The van der Waals surface area contributed by atoms with E-state index in [2.05, 4.69) is 0 Å². The molecule has 1 fully saturated rings. The van der Waals surface area contributed by atoms with Crippen LogP contribution in [0.2, 0.25) is 5.02 Å². The van der Waals surface area contributed by atoms with E-state index in [1.54, 1.807) is 30.2 Å². The lowest BCUT2D eigenvalue weighted by atomic mass is 10.1. The van der Waals surface area contributed by atoms with Gasteiger partial charge in [-0.25, -0.2) is 0 Å². The first-order chi connectivity index (χ1) is 13.0. The van der Waals surface area contributed by atoms with Crippen LogP contribution in [0.3, 0.4) is 0 Å². The summed E-state index contributed by atoms with van der Waals surface area (Å²) < 4.78 is 11.2.